The van der Waals surface area contributed by atoms with Crippen LogP contribution in [0.4, 0.5) is 0 Å². The summed E-state index contributed by atoms with van der Waals surface area (Å²) in [6, 6.07) is 12.7. The van der Waals surface area contributed by atoms with Gasteiger partial charge in [0.15, 0.2) is 0 Å². The van der Waals surface area contributed by atoms with Crippen LogP contribution in [0, 0.1) is 0 Å². The fourth-order valence-corrected chi connectivity index (χ4v) is 3.90. The molecular formula is C25H30BNO6. The zero-order valence-corrected chi connectivity index (χ0v) is 19.8. The molecule has 2 aromatic carbocycles. The van der Waals surface area contributed by atoms with Crippen LogP contribution in [0.15, 0.2) is 42.5 Å². The van der Waals surface area contributed by atoms with Crippen molar-refractivity contribution in [1.29, 1.82) is 0 Å². The number of benzene rings is 2. The molecular weight excluding hydrogens is 421 g/mol. The number of hydrogen-bond acceptors (Lipinski definition) is 6. The number of nitrogens with zero attached hydrogens (tertiary/aromatic N) is 1. The number of carbonyl (C=O) groups excluding carboxylic acids is 2. The SMILES string of the molecule is COC(=O)c1ccc(CN2CCCC2=O)c(Oc2ccc(B3OC(C)(C)C(C)(C)O3)cc2)c1. The van der Waals surface area contributed by atoms with E-state index >= 15 is 0 Å². The molecule has 0 spiro atoms. The second-order valence-electron chi connectivity index (χ2n) is 9.49. The maximum atomic E-state index is 12.1. The lowest BCUT2D eigenvalue weighted by Gasteiger charge is -2.32. The highest BCUT2D eigenvalue weighted by Crippen LogP contribution is 2.36. The molecule has 0 aliphatic carbocycles. The molecule has 33 heavy (non-hydrogen) atoms. The molecule has 2 aliphatic heterocycles. The van der Waals surface area contributed by atoms with E-state index in [-0.39, 0.29) is 5.91 Å². The van der Waals surface area contributed by atoms with E-state index in [1.54, 1.807) is 17.0 Å². The summed E-state index contributed by atoms with van der Waals surface area (Å²) in [6.07, 6.45) is 1.42. The third-order valence-corrected chi connectivity index (χ3v) is 6.65. The number of carbonyl (C=O) groups is 2. The van der Waals surface area contributed by atoms with Gasteiger partial charge in [-0.05, 0) is 63.8 Å². The standard InChI is InChI=1S/C25H30BNO6/c1-24(2)25(3,4)33-26(32-24)19-10-12-20(13-11-19)31-21-15-17(23(29)30-5)8-9-18(21)16-27-14-6-7-22(27)28/h8-13,15H,6-7,14,16H2,1-5H3. The number of rotatable bonds is 6. The maximum Gasteiger partial charge on any atom is 0.494 e. The zero-order valence-electron chi connectivity index (χ0n) is 19.8. The predicted molar refractivity (Wildman–Crippen MR) is 125 cm³/mol. The molecule has 0 aromatic heterocycles. The van der Waals surface area contributed by atoms with E-state index in [0.29, 0.717) is 30.0 Å². The van der Waals surface area contributed by atoms with Gasteiger partial charge in [0.2, 0.25) is 5.91 Å². The van der Waals surface area contributed by atoms with Gasteiger partial charge in [-0.25, -0.2) is 4.79 Å². The van der Waals surface area contributed by atoms with E-state index in [2.05, 4.69) is 0 Å². The van der Waals surface area contributed by atoms with Crippen LogP contribution in [0.3, 0.4) is 0 Å². The summed E-state index contributed by atoms with van der Waals surface area (Å²) in [6.45, 7) is 9.23. The zero-order chi connectivity index (χ0) is 23.8. The summed E-state index contributed by atoms with van der Waals surface area (Å²) in [7, 11) is 0.886. The average Bonchev–Trinajstić information content (AvgIpc) is 3.27. The van der Waals surface area contributed by atoms with Crippen molar-refractivity contribution in [3.63, 3.8) is 0 Å². The van der Waals surface area contributed by atoms with E-state index in [1.165, 1.54) is 7.11 Å². The summed E-state index contributed by atoms with van der Waals surface area (Å²) in [4.78, 5) is 26.0. The van der Waals surface area contributed by atoms with Crippen molar-refractivity contribution in [2.45, 2.75) is 58.3 Å². The molecule has 2 aromatic rings. The Morgan fingerprint density at radius 2 is 1.73 bits per heavy atom. The van der Waals surface area contributed by atoms with E-state index < -0.39 is 24.3 Å². The molecule has 0 saturated carbocycles. The molecule has 2 heterocycles. The summed E-state index contributed by atoms with van der Waals surface area (Å²) in [5, 5.41) is 0. The number of esters is 1. The molecule has 0 N–H and O–H groups in total. The van der Waals surface area contributed by atoms with Crippen LogP contribution >= 0.6 is 0 Å². The van der Waals surface area contributed by atoms with Gasteiger partial charge in [0.25, 0.3) is 0 Å². The topological polar surface area (TPSA) is 74.3 Å². The largest absolute Gasteiger partial charge is 0.494 e. The van der Waals surface area contributed by atoms with Crippen LogP contribution in [0.25, 0.3) is 0 Å². The molecule has 0 unspecified atom stereocenters. The highest BCUT2D eigenvalue weighted by atomic mass is 16.7. The maximum absolute atomic E-state index is 12.1. The number of ether oxygens (including phenoxy) is 2. The molecule has 7 nitrogen and oxygen atoms in total. The van der Waals surface area contributed by atoms with Crippen LogP contribution in [0.1, 0.15) is 56.5 Å². The summed E-state index contributed by atoms with van der Waals surface area (Å²) < 4.78 is 23.2. The first-order valence-electron chi connectivity index (χ1n) is 11.2. The first kappa shape index (κ1) is 23.3. The Kier molecular flexibility index (Phi) is 6.25. The minimum atomic E-state index is -0.455. The molecule has 1 amide bonds. The Bertz CT molecular complexity index is 1030. The highest BCUT2D eigenvalue weighted by molar-refractivity contribution is 6.62. The Hall–Kier alpha value is -2.84. The predicted octanol–water partition coefficient (Wildman–Crippen LogP) is 3.69. The van der Waals surface area contributed by atoms with E-state index in [0.717, 1.165) is 24.0 Å². The molecule has 4 rings (SSSR count). The molecule has 0 atom stereocenters. The lowest BCUT2D eigenvalue weighted by atomic mass is 9.79. The number of likely N-dealkylation sites (tertiary alicyclic amines) is 1. The van der Waals surface area contributed by atoms with Gasteiger partial charge in [-0.3, -0.25) is 4.79 Å². The smallest absolute Gasteiger partial charge is 0.465 e. The van der Waals surface area contributed by atoms with Crippen molar-refractivity contribution < 1.29 is 28.4 Å². The second-order valence-corrected chi connectivity index (χ2v) is 9.49. The third kappa shape index (κ3) is 4.77. The second kappa shape index (κ2) is 8.84. The van der Waals surface area contributed by atoms with Crippen LogP contribution in [-0.4, -0.2) is 48.8 Å². The molecule has 0 radical (unpaired) electrons. The minimum Gasteiger partial charge on any atom is -0.465 e. The highest BCUT2D eigenvalue weighted by Gasteiger charge is 2.51. The van der Waals surface area contributed by atoms with Gasteiger partial charge < -0.3 is 23.7 Å². The molecule has 0 bridgehead atoms. The van der Waals surface area contributed by atoms with E-state index in [4.69, 9.17) is 18.8 Å². The molecule has 8 heteroatoms. The van der Waals surface area contributed by atoms with Crippen molar-refractivity contribution in [3.05, 3.63) is 53.6 Å². The van der Waals surface area contributed by atoms with Crippen LogP contribution in [-0.2, 0) is 25.4 Å². The van der Waals surface area contributed by atoms with Crippen molar-refractivity contribution in [2.75, 3.05) is 13.7 Å². The van der Waals surface area contributed by atoms with Crippen molar-refractivity contribution in [2.24, 2.45) is 0 Å². The molecule has 2 fully saturated rings. The molecule has 2 aliphatic rings. The normalized spacial score (nSPS) is 19.1. The fraction of sp³-hybridized carbons (Fsp3) is 0.440. The van der Waals surface area contributed by atoms with Crippen LogP contribution in [0.2, 0.25) is 0 Å². The van der Waals surface area contributed by atoms with Gasteiger partial charge in [-0.15, -0.1) is 0 Å². The molecule has 174 valence electrons. The quantitative estimate of drug-likeness (QED) is 0.493. The van der Waals surface area contributed by atoms with Gasteiger partial charge in [0.1, 0.15) is 11.5 Å². The third-order valence-electron chi connectivity index (χ3n) is 6.65. The van der Waals surface area contributed by atoms with Gasteiger partial charge in [0, 0.05) is 25.1 Å². The Morgan fingerprint density at radius 1 is 1.06 bits per heavy atom. The Balaban J connectivity index is 1.55. The van der Waals surface area contributed by atoms with Crippen LogP contribution in [0.5, 0.6) is 11.5 Å². The monoisotopic (exact) mass is 451 g/mol. The Labute approximate surface area is 195 Å². The molecule has 2 saturated heterocycles. The average molecular weight is 451 g/mol. The van der Waals surface area contributed by atoms with Gasteiger partial charge >= 0.3 is 13.1 Å². The van der Waals surface area contributed by atoms with Gasteiger partial charge in [-0.1, -0.05) is 18.2 Å². The van der Waals surface area contributed by atoms with Crippen molar-refractivity contribution in [3.8, 4) is 11.5 Å². The lowest BCUT2D eigenvalue weighted by molar-refractivity contribution is -0.128. The lowest BCUT2D eigenvalue weighted by Crippen LogP contribution is -2.41. The number of amides is 1. The fourth-order valence-electron chi connectivity index (χ4n) is 3.90. The minimum absolute atomic E-state index is 0.129. The first-order chi connectivity index (χ1) is 15.6. The van der Waals surface area contributed by atoms with Crippen molar-refractivity contribution in [1.82, 2.24) is 4.90 Å². The van der Waals surface area contributed by atoms with Gasteiger partial charge in [-0.2, -0.15) is 0 Å². The van der Waals surface area contributed by atoms with E-state index in [9.17, 15) is 9.59 Å². The summed E-state index contributed by atoms with van der Waals surface area (Å²) in [5.41, 5.74) is 1.28. The van der Waals surface area contributed by atoms with Gasteiger partial charge in [0.05, 0.1) is 23.9 Å². The Morgan fingerprint density at radius 3 is 2.30 bits per heavy atom. The number of methoxy groups -OCH3 is 1. The summed E-state index contributed by atoms with van der Waals surface area (Å²) in [5.74, 6) is 0.803. The van der Waals surface area contributed by atoms with Crippen molar-refractivity contribution >= 4 is 24.5 Å². The summed E-state index contributed by atoms with van der Waals surface area (Å²) >= 11 is 0. The van der Waals surface area contributed by atoms with E-state index in [1.807, 2.05) is 58.0 Å². The van der Waals surface area contributed by atoms with Crippen LogP contribution < -0.4 is 10.2 Å². The first-order valence-corrected chi connectivity index (χ1v) is 11.2. The number of hydrogen-bond donors (Lipinski definition) is 0.